The van der Waals surface area contributed by atoms with Crippen LogP contribution in [0.25, 0.3) is 0 Å². The van der Waals surface area contributed by atoms with Crippen molar-refractivity contribution in [1.82, 2.24) is 4.90 Å². The smallest absolute Gasteiger partial charge is 0.225 e. The Morgan fingerprint density at radius 1 is 1.07 bits per heavy atom. The molecule has 5 nitrogen and oxygen atoms in total. The predicted octanol–water partition coefficient (Wildman–Crippen LogP) is 3.72. The summed E-state index contributed by atoms with van der Waals surface area (Å²) in [6, 6.07) is 16.2. The summed E-state index contributed by atoms with van der Waals surface area (Å²) in [5.41, 5.74) is 3.18. The van der Waals surface area contributed by atoms with E-state index in [2.05, 4.69) is 34.2 Å². The van der Waals surface area contributed by atoms with Crippen molar-refractivity contribution >= 4 is 17.3 Å². The zero-order chi connectivity index (χ0) is 19.3. The zero-order valence-electron chi connectivity index (χ0n) is 16.6. The molecule has 5 heteroatoms. The fourth-order valence-corrected chi connectivity index (χ4v) is 4.21. The number of para-hydroxylation sites is 3. The van der Waals surface area contributed by atoms with Gasteiger partial charge >= 0.3 is 0 Å². The Morgan fingerprint density at radius 3 is 2.64 bits per heavy atom. The summed E-state index contributed by atoms with van der Waals surface area (Å²) in [5, 5.41) is 3.18. The van der Waals surface area contributed by atoms with Crippen LogP contribution in [0.4, 0.5) is 11.4 Å². The van der Waals surface area contributed by atoms with Gasteiger partial charge in [0.15, 0.2) is 0 Å². The molecule has 4 rings (SSSR count). The number of carbonyl (C=O) groups excluding carboxylic acids is 1. The Kier molecular flexibility index (Phi) is 5.81. The molecule has 0 radical (unpaired) electrons. The highest BCUT2D eigenvalue weighted by atomic mass is 16.5. The number of anilines is 2. The normalized spacial score (nSPS) is 19.6. The largest absolute Gasteiger partial charge is 0.493 e. The third kappa shape index (κ3) is 4.14. The number of nitrogens with one attached hydrogen (secondary N) is 1. The Labute approximate surface area is 167 Å². The minimum absolute atomic E-state index is 0.0707. The van der Waals surface area contributed by atoms with E-state index in [0.29, 0.717) is 13.0 Å². The molecule has 1 atom stereocenters. The molecule has 0 spiro atoms. The first-order chi connectivity index (χ1) is 13.7. The van der Waals surface area contributed by atoms with Crippen LogP contribution in [0.5, 0.6) is 5.75 Å². The van der Waals surface area contributed by atoms with Crippen molar-refractivity contribution in [1.29, 1.82) is 0 Å². The quantitative estimate of drug-likeness (QED) is 0.860. The summed E-state index contributed by atoms with van der Waals surface area (Å²) >= 11 is 0. The second-order valence-corrected chi connectivity index (χ2v) is 7.56. The Bertz CT molecular complexity index is 815. The number of hydrogen-bond donors (Lipinski definition) is 1. The van der Waals surface area contributed by atoms with Gasteiger partial charge < -0.3 is 19.9 Å². The standard InChI is InChI=1S/C23H29N3O2/c1-2-25-12-14-26(15-13-25)21-9-5-4-8-20(21)24-23(27)17-18-11-16-28-22-10-6-3-7-19(18)22/h3-10,18H,2,11-17H2,1H3,(H,24,27)/t18-/m0/s1. The van der Waals surface area contributed by atoms with Crippen LogP contribution in [0.15, 0.2) is 48.5 Å². The molecule has 2 aliphatic heterocycles. The lowest BCUT2D eigenvalue weighted by Crippen LogP contribution is -2.46. The van der Waals surface area contributed by atoms with Gasteiger partial charge in [0.1, 0.15) is 5.75 Å². The number of rotatable bonds is 5. The fourth-order valence-electron chi connectivity index (χ4n) is 4.21. The maximum Gasteiger partial charge on any atom is 0.225 e. The highest BCUT2D eigenvalue weighted by Crippen LogP contribution is 2.36. The van der Waals surface area contributed by atoms with E-state index >= 15 is 0 Å². The van der Waals surface area contributed by atoms with E-state index in [-0.39, 0.29) is 11.8 Å². The van der Waals surface area contributed by atoms with Crippen LogP contribution in [-0.4, -0.2) is 50.1 Å². The van der Waals surface area contributed by atoms with Gasteiger partial charge in [0, 0.05) is 32.6 Å². The first-order valence-corrected chi connectivity index (χ1v) is 10.3. The average Bonchev–Trinajstić information content (AvgIpc) is 2.74. The molecule has 2 heterocycles. The molecule has 2 aliphatic rings. The monoisotopic (exact) mass is 379 g/mol. The molecule has 1 fully saturated rings. The second kappa shape index (κ2) is 8.65. The van der Waals surface area contributed by atoms with Crippen LogP contribution < -0.4 is 15.0 Å². The minimum Gasteiger partial charge on any atom is -0.493 e. The van der Waals surface area contributed by atoms with Crippen molar-refractivity contribution in [2.24, 2.45) is 0 Å². The van der Waals surface area contributed by atoms with Crippen LogP contribution >= 0.6 is 0 Å². The van der Waals surface area contributed by atoms with Gasteiger partial charge in [0.05, 0.1) is 18.0 Å². The van der Waals surface area contributed by atoms with Crippen molar-refractivity contribution in [3.63, 3.8) is 0 Å². The summed E-state index contributed by atoms with van der Waals surface area (Å²) in [6.45, 7) is 8.10. The molecular weight excluding hydrogens is 350 g/mol. The van der Waals surface area contributed by atoms with E-state index in [9.17, 15) is 4.79 Å². The molecule has 2 aromatic carbocycles. The zero-order valence-corrected chi connectivity index (χ0v) is 16.6. The van der Waals surface area contributed by atoms with Gasteiger partial charge in [-0.1, -0.05) is 37.3 Å². The van der Waals surface area contributed by atoms with Gasteiger partial charge in [-0.2, -0.15) is 0 Å². The summed E-state index contributed by atoms with van der Waals surface area (Å²) in [4.78, 5) is 17.7. The number of likely N-dealkylation sites (N-methyl/N-ethyl adjacent to an activating group) is 1. The lowest BCUT2D eigenvalue weighted by Gasteiger charge is -2.36. The molecule has 1 amide bonds. The molecule has 0 unspecified atom stereocenters. The maximum absolute atomic E-state index is 12.8. The third-order valence-electron chi connectivity index (χ3n) is 5.85. The van der Waals surface area contributed by atoms with Crippen LogP contribution in [0.1, 0.15) is 31.2 Å². The van der Waals surface area contributed by atoms with Crippen LogP contribution in [0.3, 0.4) is 0 Å². The number of benzene rings is 2. The van der Waals surface area contributed by atoms with Crippen LogP contribution in [0, 0.1) is 0 Å². The first-order valence-electron chi connectivity index (χ1n) is 10.3. The molecule has 28 heavy (non-hydrogen) atoms. The molecule has 1 N–H and O–H groups in total. The van der Waals surface area contributed by atoms with E-state index in [1.54, 1.807) is 0 Å². The highest BCUT2D eigenvalue weighted by Gasteiger charge is 2.24. The van der Waals surface area contributed by atoms with E-state index in [0.717, 1.165) is 61.8 Å². The number of ether oxygens (including phenoxy) is 1. The molecule has 2 aromatic rings. The molecule has 0 saturated carbocycles. The first kappa shape index (κ1) is 18.8. The molecule has 0 bridgehead atoms. The number of fused-ring (bicyclic) bond motifs is 1. The number of piperazine rings is 1. The van der Waals surface area contributed by atoms with Gasteiger partial charge in [-0.3, -0.25) is 4.79 Å². The molecule has 1 saturated heterocycles. The molecular formula is C23H29N3O2. The van der Waals surface area contributed by atoms with Crippen molar-refractivity contribution in [2.45, 2.75) is 25.7 Å². The van der Waals surface area contributed by atoms with Crippen molar-refractivity contribution in [3.8, 4) is 5.75 Å². The third-order valence-corrected chi connectivity index (χ3v) is 5.85. The number of nitrogens with zero attached hydrogens (tertiary/aromatic N) is 2. The second-order valence-electron chi connectivity index (χ2n) is 7.56. The van der Waals surface area contributed by atoms with Crippen LogP contribution in [-0.2, 0) is 4.79 Å². The van der Waals surface area contributed by atoms with E-state index in [4.69, 9.17) is 4.74 Å². The van der Waals surface area contributed by atoms with Gasteiger partial charge in [-0.15, -0.1) is 0 Å². The molecule has 0 aliphatic carbocycles. The number of amides is 1. The summed E-state index contributed by atoms with van der Waals surface area (Å²) in [7, 11) is 0. The SMILES string of the molecule is CCN1CCN(c2ccccc2NC(=O)C[C@@H]2CCOc3ccccc32)CC1. The summed E-state index contributed by atoms with van der Waals surface area (Å²) in [6.07, 6.45) is 1.36. The van der Waals surface area contributed by atoms with Gasteiger partial charge in [0.25, 0.3) is 0 Å². The molecule has 148 valence electrons. The Morgan fingerprint density at radius 2 is 1.82 bits per heavy atom. The van der Waals surface area contributed by atoms with Gasteiger partial charge in [0.2, 0.25) is 5.91 Å². The Hall–Kier alpha value is -2.53. The summed E-state index contributed by atoms with van der Waals surface area (Å²) in [5.74, 6) is 1.20. The average molecular weight is 380 g/mol. The van der Waals surface area contributed by atoms with Gasteiger partial charge in [-0.05, 0) is 42.6 Å². The lowest BCUT2D eigenvalue weighted by atomic mass is 9.90. The molecule has 0 aromatic heterocycles. The van der Waals surface area contributed by atoms with Gasteiger partial charge in [-0.25, -0.2) is 0 Å². The van der Waals surface area contributed by atoms with E-state index in [1.807, 2.05) is 36.4 Å². The maximum atomic E-state index is 12.8. The topological polar surface area (TPSA) is 44.8 Å². The number of hydrogen-bond acceptors (Lipinski definition) is 4. The van der Waals surface area contributed by atoms with Crippen LogP contribution in [0.2, 0.25) is 0 Å². The number of carbonyl (C=O) groups is 1. The van der Waals surface area contributed by atoms with E-state index in [1.165, 1.54) is 0 Å². The van der Waals surface area contributed by atoms with Crippen molar-refractivity contribution in [3.05, 3.63) is 54.1 Å². The minimum atomic E-state index is 0.0707. The Balaban J connectivity index is 1.43. The highest BCUT2D eigenvalue weighted by molar-refractivity contribution is 5.94. The van der Waals surface area contributed by atoms with E-state index < -0.39 is 0 Å². The predicted molar refractivity (Wildman–Crippen MR) is 113 cm³/mol. The van der Waals surface area contributed by atoms with Crippen molar-refractivity contribution in [2.75, 3.05) is 49.5 Å². The summed E-state index contributed by atoms with van der Waals surface area (Å²) < 4.78 is 5.73. The lowest BCUT2D eigenvalue weighted by molar-refractivity contribution is -0.116. The fraction of sp³-hybridized carbons (Fsp3) is 0.435. The van der Waals surface area contributed by atoms with Crippen molar-refractivity contribution < 1.29 is 9.53 Å².